The summed E-state index contributed by atoms with van der Waals surface area (Å²) in [6, 6.07) is 9.81. The van der Waals surface area contributed by atoms with E-state index in [1.54, 1.807) is 0 Å². The molecule has 1 aliphatic heterocycles. The Hall–Kier alpha value is -0.900. The molecule has 28 heavy (non-hydrogen) atoms. The van der Waals surface area contributed by atoms with E-state index in [4.69, 9.17) is 4.99 Å². The molecule has 1 aromatic carbocycles. The number of piperazine rings is 1. The summed E-state index contributed by atoms with van der Waals surface area (Å²) >= 11 is 0. The number of hydrogen-bond donors (Lipinski definition) is 3. The van der Waals surface area contributed by atoms with Crippen molar-refractivity contribution in [3.05, 3.63) is 35.9 Å². The summed E-state index contributed by atoms with van der Waals surface area (Å²) < 4.78 is 0. The Labute approximate surface area is 187 Å². The van der Waals surface area contributed by atoms with Gasteiger partial charge in [0.25, 0.3) is 0 Å². The summed E-state index contributed by atoms with van der Waals surface area (Å²) in [5.41, 5.74) is 0.960. The largest absolute Gasteiger partial charge is 0.388 e. The first-order valence-corrected chi connectivity index (χ1v) is 10.2. The molecule has 0 aliphatic carbocycles. The summed E-state index contributed by atoms with van der Waals surface area (Å²) in [6.45, 7) is 12.4. The van der Waals surface area contributed by atoms with Crippen molar-refractivity contribution in [2.24, 2.45) is 10.9 Å². The van der Waals surface area contributed by atoms with Crippen molar-refractivity contribution in [2.75, 3.05) is 59.4 Å². The Kier molecular flexibility index (Phi) is 12.7. The van der Waals surface area contributed by atoms with Crippen molar-refractivity contribution in [3.63, 3.8) is 0 Å². The number of aliphatic hydroxyl groups excluding tert-OH is 1. The second-order valence-corrected chi connectivity index (χ2v) is 7.57. The van der Waals surface area contributed by atoms with Crippen molar-refractivity contribution in [1.29, 1.82) is 0 Å². The van der Waals surface area contributed by atoms with Gasteiger partial charge in [0.15, 0.2) is 5.96 Å². The smallest absolute Gasteiger partial charge is 0.191 e. The lowest BCUT2D eigenvalue weighted by Gasteiger charge is -2.33. The van der Waals surface area contributed by atoms with Crippen molar-refractivity contribution in [1.82, 2.24) is 20.4 Å². The standard InChI is InChI=1S/C21H37N5O.HI/c1-4-22-21(23-11-10-20(27)19-8-6-5-7-9-19)24-16-18(2)17-26-14-12-25(3)13-15-26;/h5-9,18,20,27H,4,10-17H2,1-3H3,(H2,22,23,24);1H. The summed E-state index contributed by atoms with van der Waals surface area (Å²) in [5, 5.41) is 16.9. The molecule has 0 saturated carbocycles. The molecule has 1 fully saturated rings. The maximum absolute atomic E-state index is 10.3. The highest BCUT2D eigenvalue weighted by molar-refractivity contribution is 14.0. The Morgan fingerprint density at radius 1 is 1.14 bits per heavy atom. The Morgan fingerprint density at radius 2 is 1.82 bits per heavy atom. The minimum Gasteiger partial charge on any atom is -0.388 e. The Balaban J connectivity index is 0.00000392. The van der Waals surface area contributed by atoms with E-state index in [2.05, 4.69) is 41.3 Å². The van der Waals surface area contributed by atoms with Crippen LogP contribution in [0, 0.1) is 5.92 Å². The average Bonchev–Trinajstić information content (AvgIpc) is 2.68. The maximum atomic E-state index is 10.3. The van der Waals surface area contributed by atoms with Crippen LogP contribution in [0.5, 0.6) is 0 Å². The van der Waals surface area contributed by atoms with Crippen LogP contribution in [0.15, 0.2) is 35.3 Å². The van der Waals surface area contributed by atoms with Crippen LogP contribution in [0.25, 0.3) is 0 Å². The quantitative estimate of drug-likeness (QED) is 0.274. The molecule has 1 aromatic rings. The van der Waals surface area contributed by atoms with Gasteiger partial charge in [0, 0.05) is 52.4 Å². The van der Waals surface area contributed by atoms with E-state index in [1.165, 1.54) is 0 Å². The molecule has 1 heterocycles. The van der Waals surface area contributed by atoms with Gasteiger partial charge in [-0.15, -0.1) is 24.0 Å². The van der Waals surface area contributed by atoms with Gasteiger partial charge in [-0.2, -0.15) is 0 Å². The average molecular weight is 503 g/mol. The lowest BCUT2D eigenvalue weighted by molar-refractivity contribution is 0.140. The van der Waals surface area contributed by atoms with Crippen molar-refractivity contribution in [3.8, 4) is 0 Å². The van der Waals surface area contributed by atoms with Gasteiger partial charge in [0.2, 0.25) is 0 Å². The van der Waals surface area contributed by atoms with E-state index in [1.807, 2.05) is 30.3 Å². The second kappa shape index (κ2) is 14.1. The summed E-state index contributed by atoms with van der Waals surface area (Å²) in [5.74, 6) is 1.36. The normalized spacial score (nSPS) is 18.2. The lowest BCUT2D eigenvalue weighted by atomic mass is 10.1. The first-order valence-electron chi connectivity index (χ1n) is 10.2. The van der Waals surface area contributed by atoms with Gasteiger partial charge < -0.3 is 25.5 Å². The predicted octanol–water partition coefficient (Wildman–Crippen LogP) is 2.17. The Bertz CT molecular complexity index is 549. The van der Waals surface area contributed by atoms with Crippen LogP contribution in [-0.2, 0) is 0 Å². The first kappa shape index (κ1) is 25.1. The van der Waals surface area contributed by atoms with Crippen LogP contribution in [0.4, 0.5) is 0 Å². The monoisotopic (exact) mass is 503 g/mol. The zero-order chi connectivity index (χ0) is 19.5. The summed E-state index contributed by atoms with van der Waals surface area (Å²) in [7, 11) is 2.19. The van der Waals surface area contributed by atoms with Crippen LogP contribution in [0.1, 0.15) is 31.9 Å². The molecule has 3 N–H and O–H groups in total. The van der Waals surface area contributed by atoms with E-state index in [0.29, 0.717) is 18.9 Å². The molecule has 2 atom stereocenters. The fourth-order valence-electron chi connectivity index (χ4n) is 3.29. The number of nitrogens with zero attached hydrogens (tertiary/aromatic N) is 3. The van der Waals surface area contributed by atoms with Crippen LogP contribution >= 0.6 is 24.0 Å². The molecule has 1 saturated heterocycles. The molecule has 0 bridgehead atoms. The molecule has 1 aliphatic rings. The zero-order valence-corrected chi connectivity index (χ0v) is 19.9. The van der Waals surface area contributed by atoms with Crippen molar-refractivity contribution in [2.45, 2.75) is 26.4 Å². The molecule has 0 spiro atoms. The first-order chi connectivity index (χ1) is 13.1. The number of hydrogen-bond acceptors (Lipinski definition) is 4. The molecule has 6 nitrogen and oxygen atoms in total. The molecule has 0 aromatic heterocycles. The van der Waals surface area contributed by atoms with E-state index < -0.39 is 6.10 Å². The van der Waals surface area contributed by atoms with Crippen molar-refractivity contribution >= 4 is 29.9 Å². The Morgan fingerprint density at radius 3 is 2.46 bits per heavy atom. The molecule has 2 rings (SSSR count). The fraction of sp³-hybridized carbons (Fsp3) is 0.667. The van der Waals surface area contributed by atoms with Crippen LogP contribution in [0.3, 0.4) is 0 Å². The van der Waals surface area contributed by atoms with E-state index in [9.17, 15) is 5.11 Å². The van der Waals surface area contributed by atoms with Gasteiger partial charge in [-0.1, -0.05) is 37.3 Å². The van der Waals surface area contributed by atoms with Crippen molar-refractivity contribution < 1.29 is 5.11 Å². The molecule has 0 amide bonds. The lowest BCUT2D eigenvalue weighted by Crippen LogP contribution is -2.46. The number of aliphatic imine (C=N–C) groups is 1. The third kappa shape index (κ3) is 9.54. The second-order valence-electron chi connectivity index (χ2n) is 7.57. The SMILES string of the molecule is CCNC(=NCC(C)CN1CCN(C)CC1)NCCC(O)c1ccccc1.I. The molecule has 160 valence electrons. The number of guanidine groups is 1. The predicted molar refractivity (Wildman–Crippen MR) is 129 cm³/mol. The number of halogens is 1. The summed E-state index contributed by atoms with van der Waals surface area (Å²) in [6.07, 6.45) is 0.211. The number of nitrogens with one attached hydrogen (secondary N) is 2. The molecule has 2 unspecified atom stereocenters. The summed E-state index contributed by atoms with van der Waals surface area (Å²) in [4.78, 5) is 9.66. The number of rotatable bonds is 9. The van der Waals surface area contributed by atoms with Crippen LogP contribution in [-0.4, -0.2) is 80.3 Å². The molecular formula is C21H38IN5O. The number of benzene rings is 1. The minimum atomic E-state index is -0.447. The fourth-order valence-corrected chi connectivity index (χ4v) is 3.29. The van der Waals surface area contributed by atoms with E-state index in [-0.39, 0.29) is 24.0 Å². The third-order valence-corrected chi connectivity index (χ3v) is 4.97. The highest BCUT2D eigenvalue weighted by atomic mass is 127. The van der Waals surface area contributed by atoms with Gasteiger partial charge in [0.1, 0.15) is 0 Å². The van der Waals surface area contributed by atoms with Gasteiger partial charge in [-0.3, -0.25) is 4.99 Å². The number of likely N-dealkylation sites (N-methyl/N-ethyl adjacent to an activating group) is 1. The van der Waals surface area contributed by atoms with Gasteiger partial charge in [-0.25, -0.2) is 0 Å². The number of aliphatic hydroxyl groups is 1. The van der Waals surface area contributed by atoms with Gasteiger partial charge in [0.05, 0.1) is 6.10 Å². The van der Waals surface area contributed by atoms with E-state index >= 15 is 0 Å². The van der Waals surface area contributed by atoms with Gasteiger partial charge in [-0.05, 0) is 31.9 Å². The highest BCUT2D eigenvalue weighted by Crippen LogP contribution is 2.14. The minimum absolute atomic E-state index is 0. The molecular weight excluding hydrogens is 465 g/mol. The third-order valence-electron chi connectivity index (χ3n) is 4.97. The molecule has 0 radical (unpaired) electrons. The van der Waals surface area contributed by atoms with Gasteiger partial charge >= 0.3 is 0 Å². The maximum Gasteiger partial charge on any atom is 0.191 e. The zero-order valence-electron chi connectivity index (χ0n) is 17.6. The van der Waals surface area contributed by atoms with Crippen LogP contribution < -0.4 is 10.6 Å². The topological polar surface area (TPSA) is 63.1 Å². The van der Waals surface area contributed by atoms with E-state index in [0.717, 1.165) is 57.3 Å². The van der Waals surface area contributed by atoms with Crippen LogP contribution in [0.2, 0.25) is 0 Å². The molecule has 7 heteroatoms. The highest BCUT2D eigenvalue weighted by Gasteiger charge is 2.16.